The summed E-state index contributed by atoms with van der Waals surface area (Å²) in [6.07, 6.45) is 1.66. The summed E-state index contributed by atoms with van der Waals surface area (Å²) in [5, 5.41) is 4.10. The molecule has 2 N–H and O–H groups in total. The van der Waals surface area contributed by atoms with Crippen molar-refractivity contribution in [2.45, 2.75) is 0 Å². The number of thiophene rings is 1. The van der Waals surface area contributed by atoms with Crippen LogP contribution in [0.15, 0.2) is 33.7 Å². The van der Waals surface area contributed by atoms with Crippen molar-refractivity contribution >= 4 is 33.0 Å². The van der Waals surface area contributed by atoms with Crippen molar-refractivity contribution in [3.8, 4) is 11.1 Å². The van der Waals surface area contributed by atoms with Gasteiger partial charge in [0.25, 0.3) is 0 Å². The molecule has 0 spiro atoms. The predicted molar refractivity (Wildman–Crippen MR) is 59.7 cm³/mol. The zero-order valence-electron chi connectivity index (χ0n) is 6.70. The maximum Gasteiger partial charge on any atom is 0.106 e. The van der Waals surface area contributed by atoms with Gasteiger partial charge in [-0.15, -0.1) is 0 Å². The molecule has 0 saturated carbocycles. The Bertz CT molecular complexity index is 412. The fraction of sp³-hybridized carbons (Fsp3) is 0. The van der Waals surface area contributed by atoms with E-state index in [1.807, 2.05) is 17.5 Å². The van der Waals surface area contributed by atoms with Gasteiger partial charge in [0, 0.05) is 5.56 Å². The number of rotatable bonds is 1. The van der Waals surface area contributed by atoms with Gasteiger partial charge in [-0.2, -0.15) is 11.3 Å². The van der Waals surface area contributed by atoms with Gasteiger partial charge in [-0.3, -0.25) is 0 Å². The largest absolute Gasteiger partial charge is 0.397 e. The van der Waals surface area contributed by atoms with E-state index in [1.165, 1.54) is 0 Å². The average molecular weight is 255 g/mol. The summed E-state index contributed by atoms with van der Waals surface area (Å²) >= 11 is 4.98. The van der Waals surface area contributed by atoms with Crippen LogP contribution in [0.3, 0.4) is 0 Å². The Kier molecular flexibility index (Phi) is 2.33. The molecular weight excluding hydrogens is 248 g/mol. The number of nitrogen functional groups attached to an aromatic ring is 1. The lowest BCUT2D eigenvalue weighted by Gasteiger charge is -2.02. The van der Waals surface area contributed by atoms with Crippen molar-refractivity contribution in [3.05, 3.63) is 33.7 Å². The molecule has 0 aromatic carbocycles. The maximum absolute atomic E-state index is 5.80. The van der Waals surface area contributed by atoms with E-state index in [1.54, 1.807) is 17.5 Å². The lowest BCUT2D eigenvalue weighted by atomic mass is 10.1. The molecule has 2 aromatic heterocycles. The highest BCUT2D eigenvalue weighted by atomic mass is 79.9. The molecule has 66 valence electrons. The molecule has 2 rings (SSSR count). The zero-order valence-corrected chi connectivity index (χ0v) is 9.10. The SMILES string of the molecule is Nc1cnc(Br)cc1-c1ccsc1. The molecule has 0 amide bonds. The van der Waals surface area contributed by atoms with E-state index in [2.05, 4.69) is 26.3 Å². The Labute approximate surface area is 88.6 Å². The Morgan fingerprint density at radius 2 is 2.31 bits per heavy atom. The second-order valence-electron chi connectivity index (χ2n) is 2.61. The van der Waals surface area contributed by atoms with Crippen LogP contribution in [0.5, 0.6) is 0 Å². The lowest BCUT2D eigenvalue weighted by Crippen LogP contribution is -1.90. The van der Waals surface area contributed by atoms with E-state index < -0.39 is 0 Å². The second-order valence-corrected chi connectivity index (χ2v) is 4.20. The Hall–Kier alpha value is -0.870. The number of anilines is 1. The number of hydrogen-bond donors (Lipinski definition) is 1. The molecule has 13 heavy (non-hydrogen) atoms. The highest BCUT2D eigenvalue weighted by Gasteiger charge is 2.03. The third-order valence-electron chi connectivity index (χ3n) is 1.73. The van der Waals surface area contributed by atoms with E-state index >= 15 is 0 Å². The third-order valence-corrected chi connectivity index (χ3v) is 2.85. The van der Waals surface area contributed by atoms with Crippen LogP contribution in [-0.2, 0) is 0 Å². The van der Waals surface area contributed by atoms with Crippen molar-refractivity contribution in [3.63, 3.8) is 0 Å². The summed E-state index contributed by atoms with van der Waals surface area (Å²) in [4.78, 5) is 4.04. The van der Waals surface area contributed by atoms with Crippen molar-refractivity contribution in [1.29, 1.82) is 0 Å². The molecule has 0 atom stereocenters. The average Bonchev–Trinajstić information content (AvgIpc) is 2.61. The van der Waals surface area contributed by atoms with Gasteiger partial charge in [0.15, 0.2) is 0 Å². The number of aromatic nitrogens is 1. The van der Waals surface area contributed by atoms with Crippen LogP contribution in [0.25, 0.3) is 11.1 Å². The minimum atomic E-state index is 0.710. The van der Waals surface area contributed by atoms with E-state index in [0.717, 1.165) is 15.7 Å². The van der Waals surface area contributed by atoms with Crippen molar-refractivity contribution in [1.82, 2.24) is 4.98 Å². The summed E-state index contributed by atoms with van der Waals surface area (Å²) in [5.74, 6) is 0. The number of nitrogens with two attached hydrogens (primary N) is 1. The normalized spacial score (nSPS) is 10.2. The predicted octanol–water partition coefficient (Wildman–Crippen LogP) is 3.15. The fourth-order valence-corrected chi connectivity index (χ4v) is 2.10. The molecule has 0 unspecified atom stereocenters. The number of nitrogens with zero attached hydrogens (tertiary/aromatic N) is 1. The van der Waals surface area contributed by atoms with Gasteiger partial charge in [0.05, 0.1) is 11.9 Å². The molecule has 0 aliphatic rings. The molecule has 0 saturated heterocycles. The molecule has 2 heterocycles. The van der Waals surface area contributed by atoms with Crippen molar-refractivity contribution in [2.24, 2.45) is 0 Å². The fourth-order valence-electron chi connectivity index (χ4n) is 1.11. The lowest BCUT2D eigenvalue weighted by molar-refractivity contribution is 1.28. The molecular formula is C9H7BrN2S. The van der Waals surface area contributed by atoms with E-state index in [4.69, 9.17) is 5.73 Å². The Morgan fingerprint density at radius 1 is 1.46 bits per heavy atom. The van der Waals surface area contributed by atoms with Crippen LogP contribution in [0.1, 0.15) is 0 Å². The van der Waals surface area contributed by atoms with Crippen LogP contribution in [0.4, 0.5) is 5.69 Å². The molecule has 0 aliphatic carbocycles. The van der Waals surface area contributed by atoms with Crippen LogP contribution in [0.2, 0.25) is 0 Å². The minimum absolute atomic E-state index is 0.710. The van der Waals surface area contributed by atoms with Gasteiger partial charge in [0.2, 0.25) is 0 Å². The topological polar surface area (TPSA) is 38.9 Å². The first-order valence-electron chi connectivity index (χ1n) is 3.71. The quantitative estimate of drug-likeness (QED) is 0.795. The first-order valence-corrected chi connectivity index (χ1v) is 5.44. The van der Waals surface area contributed by atoms with E-state index in [0.29, 0.717) is 5.69 Å². The van der Waals surface area contributed by atoms with Gasteiger partial charge < -0.3 is 5.73 Å². The van der Waals surface area contributed by atoms with Crippen LogP contribution < -0.4 is 5.73 Å². The monoisotopic (exact) mass is 254 g/mol. The summed E-state index contributed by atoms with van der Waals surface area (Å²) in [6.45, 7) is 0. The summed E-state index contributed by atoms with van der Waals surface area (Å²) < 4.78 is 0.808. The summed E-state index contributed by atoms with van der Waals surface area (Å²) in [5.41, 5.74) is 8.69. The maximum atomic E-state index is 5.80. The van der Waals surface area contributed by atoms with Gasteiger partial charge in [-0.25, -0.2) is 4.98 Å². The van der Waals surface area contributed by atoms with Crippen LogP contribution in [0, 0.1) is 0 Å². The highest BCUT2D eigenvalue weighted by molar-refractivity contribution is 9.10. The second kappa shape index (κ2) is 3.47. The smallest absolute Gasteiger partial charge is 0.106 e. The molecule has 0 fully saturated rings. The molecule has 2 nitrogen and oxygen atoms in total. The van der Waals surface area contributed by atoms with Crippen LogP contribution in [-0.4, -0.2) is 4.98 Å². The van der Waals surface area contributed by atoms with Gasteiger partial charge in [-0.1, -0.05) is 0 Å². The van der Waals surface area contributed by atoms with Crippen molar-refractivity contribution < 1.29 is 0 Å². The summed E-state index contributed by atoms with van der Waals surface area (Å²) in [7, 11) is 0. The minimum Gasteiger partial charge on any atom is -0.397 e. The van der Waals surface area contributed by atoms with Gasteiger partial charge >= 0.3 is 0 Å². The van der Waals surface area contributed by atoms with E-state index in [9.17, 15) is 0 Å². The number of hydrogen-bond acceptors (Lipinski definition) is 3. The highest BCUT2D eigenvalue weighted by Crippen LogP contribution is 2.28. The molecule has 0 radical (unpaired) electrons. The van der Waals surface area contributed by atoms with Crippen LogP contribution >= 0.6 is 27.3 Å². The van der Waals surface area contributed by atoms with Gasteiger partial charge in [0.1, 0.15) is 4.60 Å². The third kappa shape index (κ3) is 1.73. The standard InChI is InChI=1S/C9H7BrN2S/c10-9-3-7(8(11)4-12-9)6-1-2-13-5-6/h1-5H,11H2. The number of pyridine rings is 1. The summed E-state index contributed by atoms with van der Waals surface area (Å²) in [6, 6.07) is 3.97. The zero-order chi connectivity index (χ0) is 9.26. The molecule has 4 heteroatoms. The van der Waals surface area contributed by atoms with Gasteiger partial charge in [-0.05, 0) is 44.4 Å². The van der Waals surface area contributed by atoms with E-state index in [-0.39, 0.29) is 0 Å². The first kappa shape index (κ1) is 8.72. The Balaban J connectivity index is 2.57. The number of halogens is 1. The molecule has 0 aliphatic heterocycles. The Morgan fingerprint density at radius 3 is 3.00 bits per heavy atom. The molecule has 2 aromatic rings. The first-order chi connectivity index (χ1) is 6.27. The molecule has 0 bridgehead atoms. The van der Waals surface area contributed by atoms with Crippen molar-refractivity contribution in [2.75, 3.05) is 5.73 Å².